The van der Waals surface area contributed by atoms with Crippen LogP contribution in [0.4, 0.5) is 17.8 Å². The molecule has 1 aromatic rings. The average Bonchev–Trinajstić information content (AvgIpc) is 2.92. The number of nitrogens with zero attached hydrogens (tertiary/aromatic N) is 4. The van der Waals surface area contributed by atoms with Gasteiger partial charge in [0.05, 0.1) is 12.1 Å². The van der Waals surface area contributed by atoms with Gasteiger partial charge in [-0.15, -0.1) is 0 Å². The highest BCUT2D eigenvalue weighted by molar-refractivity contribution is 5.43. The fourth-order valence-corrected chi connectivity index (χ4v) is 3.13. The van der Waals surface area contributed by atoms with Crippen LogP contribution in [0.15, 0.2) is 0 Å². The summed E-state index contributed by atoms with van der Waals surface area (Å²) in [7, 11) is 0. The summed E-state index contributed by atoms with van der Waals surface area (Å²) < 4.78 is 0. The zero-order chi connectivity index (χ0) is 14.7. The molecule has 2 unspecified atom stereocenters. The van der Waals surface area contributed by atoms with Gasteiger partial charge in [-0.25, -0.2) is 0 Å². The molecule has 0 radical (unpaired) electrons. The predicted octanol–water partition coefficient (Wildman–Crippen LogP) is 1.16. The van der Waals surface area contributed by atoms with Crippen LogP contribution in [0.3, 0.4) is 0 Å². The lowest BCUT2D eigenvalue weighted by Gasteiger charge is -2.22. The summed E-state index contributed by atoms with van der Waals surface area (Å²) in [5, 5.41) is 13.4. The standard InChI is InChI=1S/C14H24N6O/c15-12-17-13(16-10-6-2-1-3-7-11(10)21)19-14(18-12)20-8-4-5-9-20/h10-11,21H,1-9H2,(H3,15,16,17,18,19). The summed E-state index contributed by atoms with van der Waals surface area (Å²) in [4.78, 5) is 15.0. The van der Waals surface area contributed by atoms with Gasteiger partial charge in [0.25, 0.3) is 0 Å². The second-order valence-corrected chi connectivity index (χ2v) is 5.97. The van der Waals surface area contributed by atoms with E-state index >= 15 is 0 Å². The minimum absolute atomic E-state index is 0.000674. The second kappa shape index (κ2) is 6.43. The number of nitrogens with two attached hydrogens (primary N) is 1. The summed E-state index contributed by atoms with van der Waals surface area (Å²) in [6.45, 7) is 1.93. The molecule has 0 spiro atoms. The highest BCUT2D eigenvalue weighted by Crippen LogP contribution is 2.22. The van der Waals surface area contributed by atoms with Crippen molar-refractivity contribution in [1.29, 1.82) is 0 Å². The summed E-state index contributed by atoms with van der Waals surface area (Å²) in [6.07, 6.45) is 7.12. The molecule has 7 nitrogen and oxygen atoms in total. The van der Waals surface area contributed by atoms with Crippen molar-refractivity contribution in [2.24, 2.45) is 0 Å². The van der Waals surface area contributed by atoms with E-state index in [1.54, 1.807) is 0 Å². The summed E-state index contributed by atoms with van der Waals surface area (Å²) in [5.41, 5.74) is 5.81. The van der Waals surface area contributed by atoms with E-state index in [1.165, 1.54) is 6.42 Å². The van der Waals surface area contributed by atoms with Gasteiger partial charge in [-0.05, 0) is 25.7 Å². The zero-order valence-corrected chi connectivity index (χ0v) is 12.3. The van der Waals surface area contributed by atoms with Gasteiger partial charge in [0, 0.05) is 13.1 Å². The van der Waals surface area contributed by atoms with Crippen molar-refractivity contribution in [2.75, 3.05) is 29.0 Å². The maximum atomic E-state index is 10.2. The van der Waals surface area contributed by atoms with Gasteiger partial charge in [-0.2, -0.15) is 15.0 Å². The van der Waals surface area contributed by atoms with Gasteiger partial charge in [-0.1, -0.05) is 19.3 Å². The Balaban J connectivity index is 1.74. The van der Waals surface area contributed by atoms with Gasteiger partial charge >= 0.3 is 0 Å². The Hall–Kier alpha value is -1.63. The number of rotatable bonds is 3. The predicted molar refractivity (Wildman–Crippen MR) is 82.2 cm³/mol. The van der Waals surface area contributed by atoms with Crippen molar-refractivity contribution in [3.8, 4) is 0 Å². The number of nitrogen functional groups attached to an aromatic ring is 1. The fourth-order valence-electron chi connectivity index (χ4n) is 3.13. The normalized spacial score (nSPS) is 26.6. The number of nitrogens with one attached hydrogen (secondary N) is 1. The smallest absolute Gasteiger partial charge is 0.231 e. The molecule has 3 rings (SSSR count). The molecule has 0 bridgehead atoms. The maximum Gasteiger partial charge on any atom is 0.231 e. The number of aliphatic hydroxyl groups excluding tert-OH is 1. The Bertz CT molecular complexity index is 477. The Morgan fingerprint density at radius 3 is 2.57 bits per heavy atom. The molecule has 0 aromatic carbocycles. The van der Waals surface area contributed by atoms with Crippen LogP contribution in [0.25, 0.3) is 0 Å². The van der Waals surface area contributed by atoms with E-state index in [4.69, 9.17) is 5.73 Å². The van der Waals surface area contributed by atoms with E-state index in [9.17, 15) is 5.11 Å². The molecular formula is C14H24N6O. The maximum absolute atomic E-state index is 10.2. The molecular weight excluding hydrogens is 268 g/mol. The SMILES string of the molecule is Nc1nc(NC2CCCCCC2O)nc(N2CCCC2)n1. The topological polar surface area (TPSA) is 100 Å². The van der Waals surface area contributed by atoms with Crippen LogP contribution < -0.4 is 16.0 Å². The molecule has 2 fully saturated rings. The largest absolute Gasteiger partial charge is 0.391 e. The van der Waals surface area contributed by atoms with Gasteiger partial charge in [0.15, 0.2) is 0 Å². The van der Waals surface area contributed by atoms with Crippen molar-refractivity contribution in [3.63, 3.8) is 0 Å². The van der Waals surface area contributed by atoms with Crippen molar-refractivity contribution < 1.29 is 5.11 Å². The summed E-state index contributed by atoms with van der Waals surface area (Å²) in [6, 6.07) is 0.000674. The van der Waals surface area contributed by atoms with Crippen LogP contribution in [0.2, 0.25) is 0 Å². The molecule has 21 heavy (non-hydrogen) atoms. The van der Waals surface area contributed by atoms with Gasteiger partial charge in [0.2, 0.25) is 17.8 Å². The third-order valence-electron chi connectivity index (χ3n) is 4.32. The number of aliphatic hydroxyl groups is 1. The Labute approximate surface area is 125 Å². The van der Waals surface area contributed by atoms with Crippen LogP contribution in [0.5, 0.6) is 0 Å². The monoisotopic (exact) mass is 292 g/mol. The van der Waals surface area contributed by atoms with Crippen molar-refractivity contribution in [3.05, 3.63) is 0 Å². The molecule has 1 aliphatic carbocycles. The van der Waals surface area contributed by atoms with Crippen LogP contribution in [0.1, 0.15) is 44.9 Å². The Morgan fingerprint density at radius 2 is 1.76 bits per heavy atom. The number of aromatic nitrogens is 3. The Kier molecular flexibility index (Phi) is 4.38. The molecule has 1 aromatic heterocycles. The third-order valence-corrected chi connectivity index (χ3v) is 4.32. The number of hydrogen-bond acceptors (Lipinski definition) is 7. The quantitative estimate of drug-likeness (QED) is 0.719. The highest BCUT2D eigenvalue weighted by Gasteiger charge is 2.23. The molecule has 2 heterocycles. The molecule has 1 saturated heterocycles. The first kappa shape index (κ1) is 14.3. The van der Waals surface area contributed by atoms with E-state index in [0.29, 0.717) is 11.9 Å². The fraction of sp³-hybridized carbons (Fsp3) is 0.786. The van der Waals surface area contributed by atoms with Crippen molar-refractivity contribution >= 4 is 17.8 Å². The number of anilines is 3. The van der Waals surface area contributed by atoms with E-state index < -0.39 is 0 Å². The van der Waals surface area contributed by atoms with Gasteiger partial charge in [0.1, 0.15) is 0 Å². The molecule has 1 aliphatic heterocycles. The minimum atomic E-state index is -0.347. The molecule has 7 heteroatoms. The molecule has 0 amide bonds. The lowest BCUT2D eigenvalue weighted by atomic mass is 10.1. The van der Waals surface area contributed by atoms with Crippen molar-refractivity contribution in [2.45, 2.75) is 57.1 Å². The van der Waals surface area contributed by atoms with E-state index in [1.807, 2.05) is 0 Å². The molecule has 116 valence electrons. The number of hydrogen-bond donors (Lipinski definition) is 3. The van der Waals surface area contributed by atoms with Gasteiger partial charge < -0.3 is 21.1 Å². The van der Waals surface area contributed by atoms with Crippen LogP contribution in [-0.2, 0) is 0 Å². The molecule has 1 saturated carbocycles. The highest BCUT2D eigenvalue weighted by atomic mass is 16.3. The molecule has 2 atom stereocenters. The average molecular weight is 292 g/mol. The van der Waals surface area contributed by atoms with Crippen molar-refractivity contribution in [1.82, 2.24) is 15.0 Å². The first-order valence-electron chi connectivity index (χ1n) is 7.93. The second-order valence-electron chi connectivity index (χ2n) is 5.97. The first-order valence-corrected chi connectivity index (χ1v) is 7.93. The lowest BCUT2D eigenvalue weighted by Crippen LogP contribution is -2.33. The van der Waals surface area contributed by atoms with E-state index in [2.05, 4.69) is 25.2 Å². The lowest BCUT2D eigenvalue weighted by molar-refractivity contribution is 0.144. The summed E-state index contributed by atoms with van der Waals surface area (Å²) >= 11 is 0. The summed E-state index contributed by atoms with van der Waals surface area (Å²) in [5.74, 6) is 1.36. The Morgan fingerprint density at radius 1 is 1.00 bits per heavy atom. The zero-order valence-electron chi connectivity index (χ0n) is 12.3. The van der Waals surface area contributed by atoms with E-state index in [-0.39, 0.29) is 18.1 Å². The van der Waals surface area contributed by atoms with Crippen LogP contribution in [-0.4, -0.2) is 45.3 Å². The minimum Gasteiger partial charge on any atom is -0.391 e. The molecule has 2 aliphatic rings. The molecule has 4 N–H and O–H groups in total. The van der Waals surface area contributed by atoms with E-state index in [0.717, 1.165) is 51.6 Å². The van der Waals surface area contributed by atoms with Crippen LogP contribution >= 0.6 is 0 Å². The van der Waals surface area contributed by atoms with Gasteiger partial charge in [-0.3, -0.25) is 0 Å². The third kappa shape index (κ3) is 3.53. The van der Waals surface area contributed by atoms with Crippen LogP contribution in [0, 0.1) is 0 Å². The first-order chi connectivity index (χ1) is 10.2.